The Kier molecular flexibility index (Phi) is 5.96. The minimum absolute atomic E-state index is 0.0640. The van der Waals surface area contributed by atoms with Crippen molar-refractivity contribution in [2.45, 2.75) is 11.4 Å². The van der Waals surface area contributed by atoms with Crippen LogP contribution in [0.15, 0.2) is 77.7 Å². The number of anilines is 1. The van der Waals surface area contributed by atoms with Gasteiger partial charge in [-0.05, 0) is 54.1 Å². The van der Waals surface area contributed by atoms with E-state index in [-0.39, 0.29) is 17.0 Å². The SMILES string of the molecule is O=C(NCc1cccc(F)c1)c1cccc(S(=O)(=O)Nc2cccc(Cl)c2)c1. The van der Waals surface area contributed by atoms with Crippen LogP contribution in [0.25, 0.3) is 0 Å². The summed E-state index contributed by atoms with van der Waals surface area (Å²) in [4.78, 5) is 12.3. The van der Waals surface area contributed by atoms with E-state index in [2.05, 4.69) is 10.0 Å². The van der Waals surface area contributed by atoms with E-state index in [0.717, 1.165) is 0 Å². The molecule has 0 bridgehead atoms. The van der Waals surface area contributed by atoms with Gasteiger partial charge in [0.2, 0.25) is 0 Å². The maximum atomic E-state index is 13.2. The van der Waals surface area contributed by atoms with Crippen LogP contribution in [0.2, 0.25) is 5.02 Å². The Morgan fingerprint density at radius 2 is 1.71 bits per heavy atom. The molecular weight excluding hydrogens is 403 g/mol. The Labute approximate surface area is 167 Å². The Balaban J connectivity index is 1.74. The summed E-state index contributed by atoms with van der Waals surface area (Å²) in [6, 6.07) is 17.8. The lowest BCUT2D eigenvalue weighted by Gasteiger charge is -2.10. The lowest BCUT2D eigenvalue weighted by molar-refractivity contribution is 0.0950. The summed E-state index contributed by atoms with van der Waals surface area (Å²) in [5, 5.41) is 3.03. The van der Waals surface area contributed by atoms with E-state index in [1.807, 2.05) is 0 Å². The van der Waals surface area contributed by atoms with E-state index < -0.39 is 21.7 Å². The number of carbonyl (C=O) groups excluding carboxylic acids is 1. The highest BCUT2D eigenvalue weighted by molar-refractivity contribution is 7.92. The first kappa shape index (κ1) is 19.9. The van der Waals surface area contributed by atoms with Crippen molar-refractivity contribution in [2.24, 2.45) is 0 Å². The minimum Gasteiger partial charge on any atom is -0.348 e. The molecule has 1 amide bonds. The second kappa shape index (κ2) is 8.41. The fourth-order valence-corrected chi connectivity index (χ4v) is 3.79. The van der Waals surface area contributed by atoms with E-state index in [0.29, 0.717) is 16.3 Å². The van der Waals surface area contributed by atoms with Crippen molar-refractivity contribution in [1.29, 1.82) is 0 Å². The van der Waals surface area contributed by atoms with Gasteiger partial charge in [0.15, 0.2) is 0 Å². The molecule has 8 heteroatoms. The van der Waals surface area contributed by atoms with Crippen LogP contribution < -0.4 is 10.0 Å². The van der Waals surface area contributed by atoms with Gasteiger partial charge in [-0.2, -0.15) is 0 Å². The summed E-state index contributed by atoms with van der Waals surface area (Å²) in [5.41, 5.74) is 1.08. The summed E-state index contributed by atoms with van der Waals surface area (Å²) < 4.78 is 40.8. The molecule has 5 nitrogen and oxygen atoms in total. The quantitative estimate of drug-likeness (QED) is 0.629. The number of sulfonamides is 1. The highest BCUT2D eigenvalue weighted by Crippen LogP contribution is 2.20. The molecule has 0 heterocycles. The van der Waals surface area contributed by atoms with Gasteiger partial charge >= 0.3 is 0 Å². The van der Waals surface area contributed by atoms with Crippen molar-refractivity contribution in [3.05, 3.63) is 94.8 Å². The van der Waals surface area contributed by atoms with Gasteiger partial charge in [-0.15, -0.1) is 0 Å². The third kappa shape index (κ3) is 5.09. The van der Waals surface area contributed by atoms with E-state index in [1.165, 1.54) is 42.5 Å². The number of nitrogens with one attached hydrogen (secondary N) is 2. The molecule has 0 aliphatic rings. The zero-order valence-electron chi connectivity index (χ0n) is 14.5. The lowest BCUT2D eigenvalue weighted by atomic mass is 10.2. The summed E-state index contributed by atoms with van der Waals surface area (Å²) in [5.74, 6) is -0.865. The molecule has 3 rings (SSSR count). The Bertz CT molecular complexity index is 1120. The molecule has 0 radical (unpaired) electrons. The number of halogens is 2. The third-order valence-electron chi connectivity index (χ3n) is 3.83. The number of rotatable bonds is 6. The van der Waals surface area contributed by atoms with Gasteiger partial charge in [-0.25, -0.2) is 12.8 Å². The van der Waals surface area contributed by atoms with Crippen molar-refractivity contribution in [1.82, 2.24) is 5.32 Å². The molecule has 3 aromatic rings. The molecule has 2 N–H and O–H groups in total. The van der Waals surface area contributed by atoms with Crippen LogP contribution in [0.1, 0.15) is 15.9 Å². The number of amides is 1. The van der Waals surface area contributed by atoms with Crippen molar-refractivity contribution in [3.8, 4) is 0 Å². The van der Waals surface area contributed by atoms with E-state index in [1.54, 1.807) is 30.3 Å². The Morgan fingerprint density at radius 3 is 2.46 bits per heavy atom. The first-order valence-electron chi connectivity index (χ1n) is 8.24. The van der Waals surface area contributed by atoms with Crippen LogP contribution in [-0.2, 0) is 16.6 Å². The van der Waals surface area contributed by atoms with Crippen molar-refractivity contribution < 1.29 is 17.6 Å². The number of benzene rings is 3. The fraction of sp³-hybridized carbons (Fsp3) is 0.0500. The maximum Gasteiger partial charge on any atom is 0.261 e. The van der Waals surface area contributed by atoms with Crippen molar-refractivity contribution in [2.75, 3.05) is 4.72 Å². The van der Waals surface area contributed by atoms with Gasteiger partial charge in [-0.1, -0.05) is 35.9 Å². The molecule has 0 saturated heterocycles. The molecule has 0 atom stereocenters. The van der Waals surface area contributed by atoms with Crippen molar-refractivity contribution in [3.63, 3.8) is 0 Å². The van der Waals surface area contributed by atoms with E-state index in [4.69, 9.17) is 11.6 Å². The maximum absolute atomic E-state index is 13.2. The molecule has 0 aromatic heterocycles. The normalized spacial score (nSPS) is 11.1. The first-order valence-corrected chi connectivity index (χ1v) is 10.1. The standard InChI is InChI=1S/C20H16ClFN2O3S/c21-16-6-3-8-18(12-16)24-28(26,27)19-9-2-5-15(11-19)20(25)23-13-14-4-1-7-17(22)10-14/h1-12,24H,13H2,(H,23,25). The van der Waals surface area contributed by atoms with Crippen LogP contribution in [0, 0.1) is 5.82 Å². The largest absolute Gasteiger partial charge is 0.348 e. The average molecular weight is 419 g/mol. The zero-order valence-corrected chi connectivity index (χ0v) is 16.1. The summed E-state index contributed by atoms with van der Waals surface area (Å²) in [7, 11) is -3.90. The lowest BCUT2D eigenvalue weighted by Crippen LogP contribution is -2.23. The van der Waals surface area contributed by atoms with E-state index >= 15 is 0 Å². The average Bonchev–Trinajstić information content (AvgIpc) is 2.66. The molecule has 0 saturated carbocycles. The van der Waals surface area contributed by atoms with E-state index in [9.17, 15) is 17.6 Å². The number of hydrogen-bond acceptors (Lipinski definition) is 3. The van der Waals surface area contributed by atoms with Gasteiger partial charge in [0.1, 0.15) is 5.82 Å². The Morgan fingerprint density at radius 1 is 0.964 bits per heavy atom. The molecule has 3 aromatic carbocycles. The third-order valence-corrected chi connectivity index (χ3v) is 5.44. The monoisotopic (exact) mass is 418 g/mol. The number of carbonyl (C=O) groups is 1. The van der Waals surface area contributed by atoms with Crippen LogP contribution >= 0.6 is 11.6 Å². The molecular formula is C20H16ClFN2O3S. The van der Waals surface area contributed by atoms with Crippen molar-refractivity contribution >= 4 is 33.2 Å². The topological polar surface area (TPSA) is 75.3 Å². The summed E-state index contributed by atoms with van der Waals surface area (Å²) in [6.45, 7) is 0.119. The summed E-state index contributed by atoms with van der Waals surface area (Å²) >= 11 is 5.87. The molecule has 0 unspecified atom stereocenters. The second-order valence-electron chi connectivity index (χ2n) is 5.96. The molecule has 0 spiro atoms. The van der Waals surface area contributed by atoms with Crippen LogP contribution in [-0.4, -0.2) is 14.3 Å². The molecule has 0 aliphatic heterocycles. The predicted octanol–water partition coefficient (Wildman–Crippen LogP) is 4.21. The molecule has 144 valence electrons. The van der Waals surface area contributed by atoms with Crippen LogP contribution in [0.5, 0.6) is 0 Å². The van der Waals surface area contributed by atoms with Gasteiger partial charge in [0.05, 0.1) is 10.6 Å². The van der Waals surface area contributed by atoms with Crippen LogP contribution in [0.3, 0.4) is 0 Å². The van der Waals surface area contributed by atoms with Gasteiger partial charge in [0, 0.05) is 17.1 Å². The zero-order chi connectivity index (χ0) is 20.1. The van der Waals surface area contributed by atoms with Gasteiger partial charge in [0.25, 0.3) is 15.9 Å². The molecule has 28 heavy (non-hydrogen) atoms. The second-order valence-corrected chi connectivity index (χ2v) is 8.08. The molecule has 0 fully saturated rings. The summed E-state index contributed by atoms with van der Waals surface area (Å²) in [6.07, 6.45) is 0. The highest BCUT2D eigenvalue weighted by Gasteiger charge is 2.16. The predicted molar refractivity (Wildman–Crippen MR) is 106 cm³/mol. The van der Waals surface area contributed by atoms with Gasteiger partial charge in [-0.3, -0.25) is 9.52 Å². The van der Waals surface area contributed by atoms with Gasteiger partial charge < -0.3 is 5.32 Å². The highest BCUT2D eigenvalue weighted by atomic mass is 35.5. The smallest absolute Gasteiger partial charge is 0.261 e. The number of hydrogen-bond donors (Lipinski definition) is 2. The van der Waals surface area contributed by atoms with Crippen LogP contribution in [0.4, 0.5) is 10.1 Å². The Hall–Kier alpha value is -2.90. The minimum atomic E-state index is -3.90. The molecule has 0 aliphatic carbocycles. The fourth-order valence-electron chi connectivity index (χ4n) is 2.50. The first-order chi connectivity index (χ1) is 13.3.